The number of nitrogens with one attached hydrogen (secondary N) is 2. The van der Waals surface area contributed by atoms with E-state index in [0.717, 1.165) is 18.6 Å². The van der Waals surface area contributed by atoms with Gasteiger partial charge < -0.3 is 15.7 Å². The first kappa shape index (κ1) is 13.9. The Morgan fingerprint density at radius 3 is 3.00 bits per heavy atom. The van der Waals surface area contributed by atoms with Gasteiger partial charge in [0, 0.05) is 17.6 Å². The summed E-state index contributed by atoms with van der Waals surface area (Å²) in [6.45, 7) is 0.515. The van der Waals surface area contributed by atoms with Gasteiger partial charge in [-0.2, -0.15) is 0 Å². The molecule has 0 saturated carbocycles. The highest BCUT2D eigenvalue weighted by Crippen LogP contribution is 2.26. The molecule has 1 aliphatic heterocycles. The number of piperidine rings is 1. The Hall–Kier alpha value is -1.53. The van der Waals surface area contributed by atoms with Crippen LogP contribution in [-0.2, 0) is 4.79 Å². The summed E-state index contributed by atoms with van der Waals surface area (Å²) in [5.41, 5.74) is 0.293. The van der Waals surface area contributed by atoms with Crippen molar-refractivity contribution in [2.75, 3.05) is 13.1 Å². The predicted molar refractivity (Wildman–Crippen MR) is 65.8 cm³/mol. The molecule has 2 unspecified atom stereocenters. The van der Waals surface area contributed by atoms with E-state index in [1.807, 2.05) is 0 Å². The lowest BCUT2D eigenvalue weighted by atomic mass is 9.93. The number of halogens is 2. The van der Waals surface area contributed by atoms with Gasteiger partial charge in [-0.25, -0.2) is 8.78 Å². The third-order valence-corrected chi connectivity index (χ3v) is 3.28. The molecule has 1 aromatic rings. The highest BCUT2D eigenvalue weighted by Gasteiger charge is 2.25. The van der Waals surface area contributed by atoms with Crippen LogP contribution in [0.15, 0.2) is 18.2 Å². The number of hydrogen-bond donors (Lipinski definition) is 3. The van der Waals surface area contributed by atoms with E-state index < -0.39 is 17.6 Å². The molecule has 1 aromatic carbocycles. The summed E-state index contributed by atoms with van der Waals surface area (Å²) in [5, 5.41) is 14.6. The average molecular weight is 270 g/mol. The highest BCUT2D eigenvalue weighted by atomic mass is 19.1. The summed E-state index contributed by atoms with van der Waals surface area (Å²) in [4.78, 5) is 10.5. The molecule has 0 radical (unpaired) electrons. The molecule has 0 aromatic heterocycles. The second kappa shape index (κ2) is 6.08. The Morgan fingerprint density at radius 2 is 2.26 bits per heavy atom. The number of carboxylic acid groups (broad SMARTS) is 1. The predicted octanol–water partition coefficient (Wildman–Crippen LogP) is 1.43. The zero-order valence-electron chi connectivity index (χ0n) is 10.3. The molecule has 2 rings (SSSR count). The number of hydrogen-bond acceptors (Lipinski definition) is 3. The molecule has 1 aliphatic rings. The van der Waals surface area contributed by atoms with Gasteiger partial charge in [0.2, 0.25) is 0 Å². The Bertz CT molecular complexity index is 468. The average Bonchev–Trinajstić information content (AvgIpc) is 2.39. The Morgan fingerprint density at radius 1 is 1.47 bits per heavy atom. The Kier molecular flexibility index (Phi) is 4.44. The third-order valence-electron chi connectivity index (χ3n) is 3.28. The smallest absolute Gasteiger partial charge is 0.317 e. The van der Waals surface area contributed by atoms with Crippen molar-refractivity contribution in [1.82, 2.24) is 10.6 Å². The molecule has 0 bridgehead atoms. The van der Waals surface area contributed by atoms with Gasteiger partial charge in [0.25, 0.3) is 0 Å². The first-order valence-electron chi connectivity index (χ1n) is 6.20. The zero-order chi connectivity index (χ0) is 13.8. The molecule has 0 spiro atoms. The molecule has 19 heavy (non-hydrogen) atoms. The van der Waals surface area contributed by atoms with Gasteiger partial charge in [-0.3, -0.25) is 4.79 Å². The molecule has 0 amide bonds. The molecule has 1 heterocycles. The summed E-state index contributed by atoms with van der Waals surface area (Å²) in [6.07, 6.45) is 1.30. The second-order valence-corrected chi connectivity index (χ2v) is 4.67. The molecule has 6 heteroatoms. The van der Waals surface area contributed by atoms with E-state index in [9.17, 15) is 13.6 Å². The number of carboxylic acids is 1. The Balaban J connectivity index is 2.04. The van der Waals surface area contributed by atoms with Crippen molar-refractivity contribution in [2.24, 2.45) is 0 Å². The maximum atomic E-state index is 13.7. The van der Waals surface area contributed by atoms with Crippen LogP contribution < -0.4 is 10.6 Å². The van der Waals surface area contributed by atoms with Crippen LogP contribution in [0.5, 0.6) is 0 Å². The van der Waals surface area contributed by atoms with E-state index in [-0.39, 0.29) is 18.6 Å². The quantitative estimate of drug-likeness (QED) is 0.774. The fourth-order valence-electron chi connectivity index (χ4n) is 2.35. The lowest BCUT2D eigenvalue weighted by Crippen LogP contribution is -2.43. The van der Waals surface area contributed by atoms with Gasteiger partial charge in [0.1, 0.15) is 11.6 Å². The van der Waals surface area contributed by atoms with Crippen LogP contribution in [0.25, 0.3) is 0 Å². The summed E-state index contributed by atoms with van der Waals surface area (Å²) in [5.74, 6) is -1.84. The maximum Gasteiger partial charge on any atom is 0.317 e. The molecule has 104 valence electrons. The van der Waals surface area contributed by atoms with Crippen LogP contribution in [0.3, 0.4) is 0 Å². The molecule has 1 fully saturated rings. The van der Waals surface area contributed by atoms with Crippen molar-refractivity contribution >= 4 is 5.97 Å². The lowest BCUT2D eigenvalue weighted by Gasteiger charge is -2.31. The molecule has 3 N–H and O–H groups in total. The lowest BCUT2D eigenvalue weighted by molar-refractivity contribution is -0.136. The van der Waals surface area contributed by atoms with E-state index in [0.29, 0.717) is 18.5 Å². The maximum absolute atomic E-state index is 13.7. The zero-order valence-corrected chi connectivity index (χ0v) is 10.3. The van der Waals surface area contributed by atoms with E-state index in [4.69, 9.17) is 5.11 Å². The van der Waals surface area contributed by atoms with E-state index in [1.54, 1.807) is 0 Å². The van der Waals surface area contributed by atoms with Crippen molar-refractivity contribution in [3.63, 3.8) is 0 Å². The number of carbonyl (C=O) groups is 1. The molecule has 0 aliphatic carbocycles. The fraction of sp³-hybridized carbons (Fsp3) is 0.462. The highest BCUT2D eigenvalue weighted by molar-refractivity contribution is 5.69. The SMILES string of the molecule is O=C(O)CNC1CCNC(c2cc(F)ccc2F)C1. The molecular formula is C13H16F2N2O2. The minimum Gasteiger partial charge on any atom is -0.480 e. The van der Waals surface area contributed by atoms with Gasteiger partial charge >= 0.3 is 5.97 Å². The summed E-state index contributed by atoms with van der Waals surface area (Å²) in [6, 6.07) is 3.08. The van der Waals surface area contributed by atoms with Crippen LogP contribution in [0.4, 0.5) is 8.78 Å². The topological polar surface area (TPSA) is 61.4 Å². The summed E-state index contributed by atoms with van der Waals surface area (Å²) in [7, 11) is 0. The Labute approximate surface area is 109 Å². The normalized spacial score (nSPS) is 23.3. The van der Waals surface area contributed by atoms with Gasteiger partial charge in [0.05, 0.1) is 6.54 Å². The van der Waals surface area contributed by atoms with Crippen LogP contribution in [0.2, 0.25) is 0 Å². The van der Waals surface area contributed by atoms with E-state index in [1.165, 1.54) is 6.07 Å². The standard InChI is InChI=1S/C13H16F2N2O2/c14-8-1-2-11(15)10(5-8)12-6-9(3-4-16-12)17-7-13(18)19/h1-2,5,9,12,16-17H,3-4,6-7H2,(H,18,19). The number of aliphatic carboxylic acids is 1. The van der Waals surface area contributed by atoms with E-state index in [2.05, 4.69) is 10.6 Å². The molecule has 4 nitrogen and oxygen atoms in total. The van der Waals surface area contributed by atoms with Crippen LogP contribution in [0, 0.1) is 11.6 Å². The van der Waals surface area contributed by atoms with E-state index >= 15 is 0 Å². The monoisotopic (exact) mass is 270 g/mol. The molecule has 2 atom stereocenters. The number of benzene rings is 1. The first-order chi connectivity index (χ1) is 9.06. The van der Waals surface area contributed by atoms with Crippen LogP contribution in [-0.4, -0.2) is 30.2 Å². The van der Waals surface area contributed by atoms with Gasteiger partial charge in [-0.1, -0.05) is 0 Å². The van der Waals surface area contributed by atoms with Crippen molar-refractivity contribution in [2.45, 2.75) is 24.9 Å². The van der Waals surface area contributed by atoms with Crippen molar-refractivity contribution in [3.05, 3.63) is 35.4 Å². The minimum atomic E-state index is -0.924. The van der Waals surface area contributed by atoms with Gasteiger partial charge in [-0.15, -0.1) is 0 Å². The molecule has 1 saturated heterocycles. The van der Waals surface area contributed by atoms with Crippen LogP contribution >= 0.6 is 0 Å². The third kappa shape index (κ3) is 3.71. The van der Waals surface area contributed by atoms with Crippen molar-refractivity contribution in [1.29, 1.82) is 0 Å². The van der Waals surface area contributed by atoms with Gasteiger partial charge in [-0.05, 0) is 37.6 Å². The fourth-order valence-corrected chi connectivity index (χ4v) is 2.35. The summed E-state index contributed by atoms with van der Waals surface area (Å²) < 4.78 is 26.8. The second-order valence-electron chi connectivity index (χ2n) is 4.67. The molecular weight excluding hydrogens is 254 g/mol. The van der Waals surface area contributed by atoms with Crippen molar-refractivity contribution in [3.8, 4) is 0 Å². The largest absolute Gasteiger partial charge is 0.480 e. The minimum absolute atomic E-state index is 0.00924. The summed E-state index contributed by atoms with van der Waals surface area (Å²) >= 11 is 0. The van der Waals surface area contributed by atoms with Gasteiger partial charge in [0.15, 0.2) is 0 Å². The number of rotatable bonds is 4. The van der Waals surface area contributed by atoms with Crippen molar-refractivity contribution < 1.29 is 18.7 Å². The van der Waals surface area contributed by atoms with Crippen LogP contribution in [0.1, 0.15) is 24.4 Å². The first-order valence-corrected chi connectivity index (χ1v) is 6.20.